The molecule has 0 saturated heterocycles. The molecule has 0 amide bonds. The summed E-state index contributed by atoms with van der Waals surface area (Å²) in [4.78, 5) is 0. The van der Waals surface area contributed by atoms with Gasteiger partial charge < -0.3 is 10.2 Å². The minimum atomic E-state index is -0.214. The Morgan fingerprint density at radius 1 is 1.00 bits per heavy atom. The Balaban J connectivity index is 2.13. The lowest BCUT2D eigenvalue weighted by Gasteiger charge is -2.09. The summed E-state index contributed by atoms with van der Waals surface area (Å²) in [5, 5.41) is 1.15. The van der Waals surface area contributed by atoms with E-state index in [0.29, 0.717) is 0 Å². The highest BCUT2D eigenvalue weighted by Gasteiger charge is 2.18. The van der Waals surface area contributed by atoms with Gasteiger partial charge in [0.2, 0.25) is 0 Å². The standard InChI is InChI=1S/C17H17NO/c1-11-8-9-15-14(10-11)12(2)17(19-15)16(18)13-6-4-3-5-7-13/h3-10,16H,18H2,1-2H3. The van der Waals surface area contributed by atoms with Crippen molar-refractivity contribution in [2.24, 2.45) is 5.73 Å². The van der Waals surface area contributed by atoms with Gasteiger partial charge in [-0.25, -0.2) is 0 Å². The van der Waals surface area contributed by atoms with Crippen molar-refractivity contribution in [1.82, 2.24) is 0 Å². The molecule has 0 bridgehead atoms. The van der Waals surface area contributed by atoms with E-state index in [-0.39, 0.29) is 6.04 Å². The van der Waals surface area contributed by atoms with Gasteiger partial charge in [-0.15, -0.1) is 0 Å². The first-order valence-electron chi connectivity index (χ1n) is 6.47. The summed E-state index contributed by atoms with van der Waals surface area (Å²) in [5.41, 5.74) is 10.7. The van der Waals surface area contributed by atoms with Crippen LogP contribution in [0.25, 0.3) is 11.0 Å². The third kappa shape index (κ3) is 2.04. The van der Waals surface area contributed by atoms with Crippen molar-refractivity contribution in [1.29, 1.82) is 0 Å². The molecule has 1 atom stereocenters. The minimum absolute atomic E-state index is 0.214. The summed E-state index contributed by atoms with van der Waals surface area (Å²) in [7, 11) is 0. The highest BCUT2D eigenvalue weighted by molar-refractivity contribution is 5.83. The van der Waals surface area contributed by atoms with Gasteiger partial charge in [0.1, 0.15) is 11.3 Å². The summed E-state index contributed by atoms with van der Waals surface area (Å²) in [6, 6.07) is 16.1. The Morgan fingerprint density at radius 2 is 1.74 bits per heavy atom. The number of hydrogen-bond acceptors (Lipinski definition) is 2. The molecular formula is C17H17NO. The molecule has 2 heteroatoms. The molecule has 1 aromatic heterocycles. The third-order valence-electron chi connectivity index (χ3n) is 3.57. The topological polar surface area (TPSA) is 39.2 Å². The molecule has 0 aliphatic heterocycles. The van der Waals surface area contributed by atoms with Crippen molar-refractivity contribution in [2.75, 3.05) is 0 Å². The van der Waals surface area contributed by atoms with E-state index in [9.17, 15) is 0 Å². The molecule has 1 unspecified atom stereocenters. The number of furan rings is 1. The van der Waals surface area contributed by atoms with E-state index in [1.165, 1.54) is 5.56 Å². The van der Waals surface area contributed by atoms with Crippen molar-refractivity contribution in [3.63, 3.8) is 0 Å². The second-order valence-electron chi connectivity index (χ2n) is 4.98. The second kappa shape index (κ2) is 4.56. The molecule has 1 heterocycles. The fourth-order valence-corrected chi connectivity index (χ4v) is 2.46. The Morgan fingerprint density at radius 3 is 2.47 bits per heavy atom. The Kier molecular flexibility index (Phi) is 2.88. The number of hydrogen-bond donors (Lipinski definition) is 1. The SMILES string of the molecule is Cc1ccc2oc(C(N)c3ccccc3)c(C)c2c1. The van der Waals surface area contributed by atoms with E-state index in [1.807, 2.05) is 36.4 Å². The van der Waals surface area contributed by atoms with Gasteiger partial charge in [0, 0.05) is 10.9 Å². The van der Waals surface area contributed by atoms with Gasteiger partial charge in [-0.2, -0.15) is 0 Å². The normalized spacial score (nSPS) is 12.8. The maximum absolute atomic E-state index is 6.33. The molecule has 0 radical (unpaired) electrons. The quantitative estimate of drug-likeness (QED) is 0.744. The third-order valence-corrected chi connectivity index (χ3v) is 3.57. The van der Waals surface area contributed by atoms with Crippen LogP contribution in [0.15, 0.2) is 52.9 Å². The van der Waals surface area contributed by atoms with Crippen LogP contribution in [0.1, 0.15) is 28.5 Å². The fraction of sp³-hybridized carbons (Fsp3) is 0.176. The summed E-state index contributed by atoms with van der Waals surface area (Å²) < 4.78 is 5.95. The van der Waals surface area contributed by atoms with E-state index in [1.54, 1.807) is 0 Å². The first kappa shape index (κ1) is 12.0. The van der Waals surface area contributed by atoms with E-state index in [0.717, 1.165) is 27.9 Å². The molecule has 0 spiro atoms. The molecule has 0 saturated carbocycles. The molecule has 2 aromatic carbocycles. The highest BCUT2D eigenvalue weighted by Crippen LogP contribution is 2.31. The zero-order chi connectivity index (χ0) is 13.4. The van der Waals surface area contributed by atoms with Gasteiger partial charge in [-0.05, 0) is 31.5 Å². The average molecular weight is 251 g/mol. The molecular weight excluding hydrogens is 234 g/mol. The zero-order valence-corrected chi connectivity index (χ0v) is 11.2. The molecule has 3 rings (SSSR count). The predicted molar refractivity (Wildman–Crippen MR) is 78.2 cm³/mol. The molecule has 0 aliphatic rings. The Hall–Kier alpha value is -2.06. The lowest BCUT2D eigenvalue weighted by molar-refractivity contribution is 0.521. The summed E-state index contributed by atoms with van der Waals surface area (Å²) in [6.07, 6.45) is 0. The van der Waals surface area contributed by atoms with E-state index in [2.05, 4.69) is 26.0 Å². The molecule has 19 heavy (non-hydrogen) atoms. The predicted octanol–water partition coefficient (Wildman–Crippen LogP) is 4.10. The summed E-state index contributed by atoms with van der Waals surface area (Å²) in [5.74, 6) is 0.854. The molecule has 96 valence electrons. The van der Waals surface area contributed by atoms with Crippen LogP contribution in [0, 0.1) is 13.8 Å². The minimum Gasteiger partial charge on any atom is -0.459 e. The number of fused-ring (bicyclic) bond motifs is 1. The monoisotopic (exact) mass is 251 g/mol. The van der Waals surface area contributed by atoms with Gasteiger partial charge in [0.15, 0.2) is 0 Å². The number of benzene rings is 2. The second-order valence-corrected chi connectivity index (χ2v) is 4.98. The lowest BCUT2D eigenvalue weighted by Crippen LogP contribution is -2.11. The fourth-order valence-electron chi connectivity index (χ4n) is 2.46. The van der Waals surface area contributed by atoms with Gasteiger partial charge in [0.05, 0.1) is 6.04 Å². The van der Waals surface area contributed by atoms with Gasteiger partial charge in [-0.3, -0.25) is 0 Å². The van der Waals surface area contributed by atoms with E-state index >= 15 is 0 Å². The number of nitrogens with two attached hydrogens (primary N) is 1. The molecule has 2 N–H and O–H groups in total. The van der Waals surface area contributed by atoms with Gasteiger partial charge in [-0.1, -0.05) is 42.0 Å². The molecule has 0 aliphatic carbocycles. The van der Waals surface area contributed by atoms with Gasteiger partial charge in [0.25, 0.3) is 0 Å². The van der Waals surface area contributed by atoms with Crippen molar-refractivity contribution in [3.05, 3.63) is 71.0 Å². The van der Waals surface area contributed by atoms with Crippen molar-refractivity contribution in [3.8, 4) is 0 Å². The Bertz CT molecular complexity index is 713. The van der Waals surface area contributed by atoms with Crippen LogP contribution in [0.4, 0.5) is 0 Å². The van der Waals surface area contributed by atoms with Crippen LogP contribution in [-0.2, 0) is 0 Å². The van der Waals surface area contributed by atoms with Crippen LogP contribution in [0.2, 0.25) is 0 Å². The van der Waals surface area contributed by atoms with Crippen LogP contribution >= 0.6 is 0 Å². The largest absolute Gasteiger partial charge is 0.459 e. The van der Waals surface area contributed by atoms with Gasteiger partial charge >= 0.3 is 0 Å². The summed E-state index contributed by atoms with van der Waals surface area (Å²) in [6.45, 7) is 4.16. The molecule has 0 fully saturated rings. The van der Waals surface area contributed by atoms with Crippen LogP contribution < -0.4 is 5.73 Å². The smallest absolute Gasteiger partial charge is 0.134 e. The average Bonchev–Trinajstić information content (AvgIpc) is 2.76. The van der Waals surface area contributed by atoms with Crippen LogP contribution in [0.3, 0.4) is 0 Å². The van der Waals surface area contributed by atoms with E-state index in [4.69, 9.17) is 10.2 Å². The van der Waals surface area contributed by atoms with Crippen molar-refractivity contribution >= 4 is 11.0 Å². The molecule has 2 nitrogen and oxygen atoms in total. The number of rotatable bonds is 2. The van der Waals surface area contributed by atoms with Crippen LogP contribution in [-0.4, -0.2) is 0 Å². The maximum atomic E-state index is 6.33. The van der Waals surface area contributed by atoms with Crippen molar-refractivity contribution in [2.45, 2.75) is 19.9 Å². The maximum Gasteiger partial charge on any atom is 0.134 e. The Labute approximate surface area is 112 Å². The van der Waals surface area contributed by atoms with Crippen LogP contribution in [0.5, 0.6) is 0 Å². The summed E-state index contributed by atoms with van der Waals surface area (Å²) >= 11 is 0. The van der Waals surface area contributed by atoms with E-state index < -0.39 is 0 Å². The highest BCUT2D eigenvalue weighted by atomic mass is 16.3. The number of aryl methyl sites for hydroxylation is 2. The molecule has 3 aromatic rings. The first-order valence-corrected chi connectivity index (χ1v) is 6.47. The first-order chi connectivity index (χ1) is 9.16. The van der Waals surface area contributed by atoms with Crippen molar-refractivity contribution < 1.29 is 4.42 Å². The lowest BCUT2D eigenvalue weighted by atomic mass is 10.0. The zero-order valence-electron chi connectivity index (χ0n) is 11.2.